The van der Waals surface area contributed by atoms with Crippen molar-refractivity contribution in [3.8, 4) is 11.4 Å². The Kier molecular flexibility index (Phi) is 3.27. The van der Waals surface area contributed by atoms with E-state index in [1.54, 1.807) is 0 Å². The van der Waals surface area contributed by atoms with E-state index in [1.807, 2.05) is 37.4 Å². The van der Waals surface area contributed by atoms with E-state index in [0.29, 0.717) is 0 Å². The maximum absolute atomic E-state index is 5.42. The van der Waals surface area contributed by atoms with Gasteiger partial charge < -0.3 is 9.64 Å². The molecular weight excluding hydrogens is 276 g/mol. The standard InChI is InChI=1S/C17H18N4O/c1-13-17(21-8-3-2-6-16(21)18-13)14-5-4-7-15(19-14)20-9-11-22-12-10-20/h2-8H,9-12H2,1H3. The molecule has 0 unspecified atom stereocenters. The Hall–Kier alpha value is -2.40. The van der Waals surface area contributed by atoms with Gasteiger partial charge in [0.1, 0.15) is 11.5 Å². The highest BCUT2D eigenvalue weighted by Crippen LogP contribution is 2.25. The molecule has 0 amide bonds. The van der Waals surface area contributed by atoms with Crippen molar-refractivity contribution in [2.75, 3.05) is 31.2 Å². The Morgan fingerprint density at radius 1 is 1.00 bits per heavy atom. The Morgan fingerprint density at radius 2 is 1.86 bits per heavy atom. The average Bonchev–Trinajstić information content (AvgIpc) is 2.91. The summed E-state index contributed by atoms with van der Waals surface area (Å²) in [4.78, 5) is 11.7. The van der Waals surface area contributed by atoms with Gasteiger partial charge in [-0.1, -0.05) is 12.1 Å². The molecular formula is C17H18N4O. The molecule has 0 atom stereocenters. The highest BCUT2D eigenvalue weighted by atomic mass is 16.5. The van der Waals surface area contributed by atoms with Gasteiger partial charge in [-0.3, -0.25) is 4.40 Å². The summed E-state index contributed by atoms with van der Waals surface area (Å²) < 4.78 is 7.51. The molecule has 5 nitrogen and oxygen atoms in total. The molecule has 0 saturated carbocycles. The molecule has 4 heterocycles. The first-order valence-electron chi connectivity index (χ1n) is 7.57. The van der Waals surface area contributed by atoms with Gasteiger partial charge in [0.15, 0.2) is 0 Å². The van der Waals surface area contributed by atoms with Gasteiger partial charge in [0, 0.05) is 19.3 Å². The number of hydrogen-bond donors (Lipinski definition) is 0. The Labute approximate surface area is 129 Å². The molecule has 1 aliphatic rings. The lowest BCUT2D eigenvalue weighted by atomic mass is 10.2. The van der Waals surface area contributed by atoms with Crippen molar-refractivity contribution >= 4 is 11.5 Å². The van der Waals surface area contributed by atoms with Crippen molar-refractivity contribution in [1.29, 1.82) is 0 Å². The molecule has 0 bridgehead atoms. The lowest BCUT2D eigenvalue weighted by Crippen LogP contribution is -2.36. The monoisotopic (exact) mass is 294 g/mol. The summed E-state index contributed by atoms with van der Waals surface area (Å²) >= 11 is 0. The minimum absolute atomic E-state index is 0.764. The summed E-state index contributed by atoms with van der Waals surface area (Å²) in [6.07, 6.45) is 2.04. The van der Waals surface area contributed by atoms with Crippen LogP contribution in [0.2, 0.25) is 0 Å². The smallest absolute Gasteiger partial charge is 0.137 e. The third-order valence-corrected chi connectivity index (χ3v) is 4.02. The van der Waals surface area contributed by atoms with E-state index >= 15 is 0 Å². The van der Waals surface area contributed by atoms with Gasteiger partial charge >= 0.3 is 0 Å². The van der Waals surface area contributed by atoms with Gasteiger partial charge in [-0.05, 0) is 31.2 Å². The van der Waals surface area contributed by atoms with E-state index in [-0.39, 0.29) is 0 Å². The minimum Gasteiger partial charge on any atom is -0.378 e. The van der Waals surface area contributed by atoms with Crippen molar-refractivity contribution in [2.24, 2.45) is 0 Å². The van der Waals surface area contributed by atoms with Crippen LogP contribution >= 0.6 is 0 Å². The summed E-state index contributed by atoms with van der Waals surface area (Å²) in [5, 5.41) is 0. The predicted octanol–water partition coefficient (Wildman–Crippen LogP) is 2.54. The first kappa shape index (κ1) is 13.3. The highest BCUT2D eigenvalue weighted by molar-refractivity contribution is 5.65. The predicted molar refractivity (Wildman–Crippen MR) is 86.2 cm³/mol. The maximum Gasteiger partial charge on any atom is 0.137 e. The van der Waals surface area contributed by atoms with Crippen LogP contribution < -0.4 is 4.90 Å². The lowest BCUT2D eigenvalue weighted by Gasteiger charge is -2.28. The normalized spacial score (nSPS) is 15.4. The summed E-state index contributed by atoms with van der Waals surface area (Å²) in [5.41, 5.74) is 3.97. The van der Waals surface area contributed by atoms with Crippen LogP contribution in [-0.4, -0.2) is 40.7 Å². The molecule has 0 N–H and O–H groups in total. The molecule has 5 heteroatoms. The third-order valence-electron chi connectivity index (χ3n) is 4.02. The molecule has 1 saturated heterocycles. The molecule has 0 spiro atoms. The largest absolute Gasteiger partial charge is 0.378 e. The lowest BCUT2D eigenvalue weighted by molar-refractivity contribution is 0.122. The summed E-state index contributed by atoms with van der Waals surface area (Å²) in [6.45, 7) is 5.34. The number of aryl methyl sites for hydroxylation is 1. The number of pyridine rings is 2. The summed E-state index contributed by atoms with van der Waals surface area (Å²) in [7, 11) is 0. The summed E-state index contributed by atoms with van der Waals surface area (Å²) in [6, 6.07) is 12.2. The van der Waals surface area contributed by atoms with Crippen LogP contribution in [0, 0.1) is 6.92 Å². The van der Waals surface area contributed by atoms with Crippen molar-refractivity contribution in [2.45, 2.75) is 6.92 Å². The first-order valence-corrected chi connectivity index (χ1v) is 7.57. The van der Waals surface area contributed by atoms with Crippen LogP contribution in [-0.2, 0) is 4.74 Å². The number of imidazole rings is 1. The van der Waals surface area contributed by atoms with E-state index in [9.17, 15) is 0 Å². The zero-order chi connectivity index (χ0) is 14.9. The van der Waals surface area contributed by atoms with E-state index in [2.05, 4.69) is 26.4 Å². The number of hydrogen-bond acceptors (Lipinski definition) is 4. The second-order valence-electron chi connectivity index (χ2n) is 5.46. The Bertz CT molecular complexity index is 805. The van der Waals surface area contributed by atoms with Crippen LogP contribution in [0.3, 0.4) is 0 Å². The molecule has 22 heavy (non-hydrogen) atoms. The molecule has 4 rings (SSSR count). The second kappa shape index (κ2) is 5.42. The van der Waals surface area contributed by atoms with Crippen molar-refractivity contribution in [3.05, 3.63) is 48.3 Å². The number of aromatic nitrogens is 3. The van der Waals surface area contributed by atoms with E-state index < -0.39 is 0 Å². The molecule has 3 aromatic heterocycles. The fourth-order valence-corrected chi connectivity index (χ4v) is 2.95. The Balaban J connectivity index is 1.80. The maximum atomic E-state index is 5.42. The first-order chi connectivity index (χ1) is 10.8. The van der Waals surface area contributed by atoms with Gasteiger partial charge in [0.05, 0.1) is 30.3 Å². The molecule has 0 aromatic carbocycles. The zero-order valence-electron chi connectivity index (χ0n) is 12.6. The third kappa shape index (κ3) is 2.23. The average molecular weight is 294 g/mol. The van der Waals surface area contributed by atoms with Gasteiger partial charge in [-0.25, -0.2) is 9.97 Å². The molecule has 1 fully saturated rings. The zero-order valence-corrected chi connectivity index (χ0v) is 12.6. The number of fused-ring (bicyclic) bond motifs is 1. The number of anilines is 1. The molecule has 3 aromatic rings. The van der Waals surface area contributed by atoms with Crippen LogP contribution in [0.15, 0.2) is 42.6 Å². The van der Waals surface area contributed by atoms with E-state index in [1.165, 1.54) is 0 Å². The fraction of sp³-hybridized carbons (Fsp3) is 0.294. The van der Waals surface area contributed by atoms with Gasteiger partial charge in [0.2, 0.25) is 0 Å². The quantitative estimate of drug-likeness (QED) is 0.728. The number of rotatable bonds is 2. The number of nitrogens with zero attached hydrogens (tertiary/aromatic N) is 4. The second-order valence-corrected chi connectivity index (χ2v) is 5.46. The summed E-state index contributed by atoms with van der Waals surface area (Å²) in [5.74, 6) is 1.01. The van der Waals surface area contributed by atoms with Crippen LogP contribution in [0.25, 0.3) is 17.0 Å². The van der Waals surface area contributed by atoms with Gasteiger partial charge in [-0.15, -0.1) is 0 Å². The van der Waals surface area contributed by atoms with Crippen LogP contribution in [0.5, 0.6) is 0 Å². The van der Waals surface area contributed by atoms with Gasteiger partial charge in [0.25, 0.3) is 0 Å². The number of morpholine rings is 1. The topological polar surface area (TPSA) is 42.7 Å². The number of ether oxygens (including phenoxy) is 1. The fourth-order valence-electron chi connectivity index (χ4n) is 2.95. The van der Waals surface area contributed by atoms with E-state index in [4.69, 9.17) is 9.72 Å². The molecule has 0 aliphatic carbocycles. The van der Waals surface area contributed by atoms with Crippen molar-refractivity contribution < 1.29 is 4.74 Å². The van der Waals surface area contributed by atoms with E-state index in [0.717, 1.165) is 54.9 Å². The van der Waals surface area contributed by atoms with Crippen molar-refractivity contribution in [3.63, 3.8) is 0 Å². The van der Waals surface area contributed by atoms with Crippen LogP contribution in [0.1, 0.15) is 5.69 Å². The van der Waals surface area contributed by atoms with Gasteiger partial charge in [-0.2, -0.15) is 0 Å². The molecule has 112 valence electrons. The molecule has 1 aliphatic heterocycles. The SMILES string of the molecule is Cc1nc2ccccn2c1-c1cccc(N2CCOCC2)n1. The van der Waals surface area contributed by atoms with Crippen LogP contribution in [0.4, 0.5) is 5.82 Å². The minimum atomic E-state index is 0.764. The van der Waals surface area contributed by atoms with Crippen molar-refractivity contribution in [1.82, 2.24) is 14.4 Å². The Morgan fingerprint density at radius 3 is 2.73 bits per heavy atom. The molecule has 0 radical (unpaired) electrons. The highest BCUT2D eigenvalue weighted by Gasteiger charge is 2.16.